The second-order valence-electron chi connectivity index (χ2n) is 5.95. The fourth-order valence-corrected chi connectivity index (χ4v) is 5.00. The van der Waals surface area contributed by atoms with Crippen molar-refractivity contribution in [1.82, 2.24) is 5.24 Å². The van der Waals surface area contributed by atoms with E-state index in [1.165, 1.54) is 0 Å². The van der Waals surface area contributed by atoms with Gasteiger partial charge in [0.05, 0.1) is 0 Å². The molecule has 0 bridgehead atoms. The number of hydrogen-bond acceptors (Lipinski definition) is 3. The molecule has 3 amide bonds. The van der Waals surface area contributed by atoms with Crippen LogP contribution in [-0.2, 0) is 11.2 Å². The van der Waals surface area contributed by atoms with Crippen molar-refractivity contribution in [1.29, 1.82) is 0 Å². The van der Waals surface area contributed by atoms with Crippen molar-refractivity contribution in [2.24, 2.45) is 0 Å². The monoisotopic (exact) mass is 538 g/mol. The zero-order valence-electron chi connectivity index (χ0n) is 15.4. The van der Waals surface area contributed by atoms with E-state index in [0.29, 0.717) is 11.1 Å². The van der Waals surface area contributed by atoms with Gasteiger partial charge in [0.1, 0.15) is 0 Å². The Bertz CT molecular complexity index is 913. The fraction of sp³-hybridized carbons (Fsp3) is 0.0455. The van der Waals surface area contributed by atoms with Crippen molar-refractivity contribution in [3.63, 3.8) is 0 Å². The van der Waals surface area contributed by atoms with E-state index in [1.807, 2.05) is 42.5 Å². The van der Waals surface area contributed by atoms with Gasteiger partial charge < -0.3 is 0 Å². The first-order valence-electron chi connectivity index (χ1n) is 8.78. The van der Waals surface area contributed by atoms with Gasteiger partial charge in [-0.25, -0.2) is 0 Å². The summed E-state index contributed by atoms with van der Waals surface area (Å²) in [5.41, 5.74) is 1.77. The first-order valence-corrected chi connectivity index (χ1v) is 11.8. The fourth-order valence-electron chi connectivity index (χ4n) is 2.37. The van der Waals surface area contributed by atoms with Crippen molar-refractivity contribution in [2.75, 3.05) is 0 Å². The standard InChI is InChI=1S/C8H9NO.2C7H7NO.Dy/c9-8(10)6-7-4-2-1-3-5-7;2*8-7(9)6-4-2-1-3-5-6;/h1-5H,6H2,(H2,9,10);2*1-5H,(H2,8,9);/q;;;+3/p-3. The summed E-state index contributed by atoms with van der Waals surface area (Å²) in [6, 6.07) is 26.6. The van der Waals surface area contributed by atoms with Crippen LogP contribution in [0.25, 0.3) is 0 Å². The van der Waals surface area contributed by atoms with Crippen LogP contribution in [-0.4, -0.2) is 17.7 Å². The van der Waals surface area contributed by atoms with E-state index >= 15 is 0 Å². The molecule has 3 N–H and O–H groups in total. The SMILES string of the molecule is O=C(Cc1ccccc1)[NH][Dy]([NH]C(=O)c1ccccc1)[NH]C(=O)c1ccccc1. The van der Waals surface area contributed by atoms with E-state index in [9.17, 15) is 14.4 Å². The number of carbonyl (C=O) groups excluding carboxylic acids is 3. The number of nitrogens with one attached hydrogen (secondary N) is 3. The van der Waals surface area contributed by atoms with Crippen molar-refractivity contribution >= 4 is 17.7 Å². The molecule has 0 heterocycles. The Morgan fingerprint density at radius 3 is 1.45 bits per heavy atom. The third kappa shape index (κ3) is 6.72. The minimum atomic E-state index is -2.90. The number of rotatable bonds is 7. The van der Waals surface area contributed by atoms with Crippen molar-refractivity contribution in [3.05, 3.63) is 108 Å². The van der Waals surface area contributed by atoms with Crippen LogP contribution in [0.1, 0.15) is 26.3 Å². The molecule has 0 fully saturated rings. The summed E-state index contributed by atoms with van der Waals surface area (Å²) in [7, 11) is 0. The van der Waals surface area contributed by atoms with E-state index in [1.54, 1.807) is 48.5 Å². The molecule has 6 nitrogen and oxygen atoms in total. The molecule has 0 aromatic heterocycles. The molecular weight excluding hydrogens is 517 g/mol. The van der Waals surface area contributed by atoms with Gasteiger partial charge in [-0.1, -0.05) is 0 Å². The summed E-state index contributed by atoms with van der Waals surface area (Å²) in [6.07, 6.45) is 0.164. The topological polar surface area (TPSA) is 87.3 Å². The van der Waals surface area contributed by atoms with Crippen LogP contribution in [0.2, 0.25) is 0 Å². The molecule has 0 atom stereocenters. The summed E-state index contributed by atoms with van der Waals surface area (Å²) >= 11 is -2.90. The van der Waals surface area contributed by atoms with Crippen LogP contribution < -0.4 is 5.24 Å². The summed E-state index contributed by atoms with van der Waals surface area (Å²) in [6.45, 7) is 0. The van der Waals surface area contributed by atoms with Gasteiger partial charge in [0, 0.05) is 0 Å². The molecule has 0 saturated carbocycles. The van der Waals surface area contributed by atoms with Gasteiger partial charge in [0.2, 0.25) is 0 Å². The third-order valence-electron chi connectivity index (χ3n) is 3.75. The van der Waals surface area contributed by atoms with Gasteiger partial charge in [-0.15, -0.1) is 0 Å². The van der Waals surface area contributed by atoms with Crippen LogP contribution in [0.5, 0.6) is 0 Å². The van der Waals surface area contributed by atoms with Gasteiger partial charge in [-0.3, -0.25) is 0 Å². The molecular formula is C22H20DyN3O3. The maximum absolute atomic E-state index is 12.5. The molecule has 0 saturated heterocycles. The molecule has 7 heteroatoms. The Morgan fingerprint density at radius 2 is 1.00 bits per heavy atom. The molecule has 0 aliphatic heterocycles. The summed E-state index contributed by atoms with van der Waals surface area (Å²) in [5, 5.41) is 0. The van der Waals surface area contributed by atoms with E-state index < -0.39 is 33.4 Å². The van der Waals surface area contributed by atoms with Crippen molar-refractivity contribution < 1.29 is 47.8 Å². The zero-order chi connectivity index (χ0) is 20.5. The molecule has 151 valence electrons. The van der Waals surface area contributed by atoms with Crippen LogP contribution in [0.15, 0.2) is 91.0 Å². The number of carbonyl (C=O) groups is 3. The van der Waals surface area contributed by atoms with Gasteiger partial charge in [0.15, 0.2) is 0 Å². The van der Waals surface area contributed by atoms with Crippen LogP contribution in [0, 0.1) is 33.4 Å². The number of hydrogen-bond donors (Lipinski definition) is 3. The summed E-state index contributed by atoms with van der Waals surface area (Å²) in [4.78, 5) is 37.6. The molecule has 3 aromatic rings. The molecule has 0 unspecified atom stereocenters. The number of amides is 3. The molecule has 3 rings (SSSR count). The van der Waals surface area contributed by atoms with Crippen molar-refractivity contribution in [2.45, 2.75) is 6.42 Å². The predicted molar refractivity (Wildman–Crippen MR) is 106 cm³/mol. The maximum atomic E-state index is 12.5. The van der Waals surface area contributed by atoms with Gasteiger partial charge in [-0.2, -0.15) is 0 Å². The molecule has 0 spiro atoms. The number of benzene rings is 3. The molecule has 29 heavy (non-hydrogen) atoms. The Morgan fingerprint density at radius 1 is 0.586 bits per heavy atom. The molecule has 3 aromatic carbocycles. The van der Waals surface area contributed by atoms with Crippen LogP contribution >= 0.6 is 0 Å². The van der Waals surface area contributed by atoms with Crippen molar-refractivity contribution in [3.8, 4) is 0 Å². The van der Waals surface area contributed by atoms with E-state index in [2.05, 4.69) is 5.24 Å². The summed E-state index contributed by atoms with van der Waals surface area (Å²) in [5.74, 6) is -0.947. The minimum absolute atomic E-state index is 0.164. The van der Waals surface area contributed by atoms with E-state index in [-0.39, 0.29) is 24.1 Å². The van der Waals surface area contributed by atoms with Gasteiger partial charge in [-0.05, 0) is 0 Å². The van der Waals surface area contributed by atoms with Gasteiger partial charge >= 0.3 is 185 Å². The normalized spacial score (nSPS) is 10.6. The Kier molecular flexibility index (Phi) is 7.82. The van der Waals surface area contributed by atoms with Crippen LogP contribution in [0.3, 0.4) is 0 Å². The predicted octanol–water partition coefficient (Wildman–Crippen LogP) is 2.57. The average molecular weight is 537 g/mol. The average Bonchev–Trinajstić information content (AvgIpc) is 2.75. The second kappa shape index (κ2) is 10.8. The van der Waals surface area contributed by atoms with E-state index in [4.69, 9.17) is 0 Å². The van der Waals surface area contributed by atoms with Crippen LogP contribution in [0.4, 0.5) is 0 Å². The Hall–Kier alpha value is -2.66. The first-order chi connectivity index (χ1) is 14.1. The molecule has 0 radical (unpaired) electrons. The first kappa shape index (κ1) is 21.1. The second-order valence-corrected chi connectivity index (χ2v) is 8.99. The summed E-state index contributed by atoms with van der Waals surface area (Å²) < 4.78 is 8.43. The van der Waals surface area contributed by atoms with E-state index in [0.717, 1.165) is 5.56 Å². The molecule has 0 aliphatic rings. The zero-order valence-corrected chi connectivity index (χ0v) is 17.4. The Labute approximate surface area is 183 Å². The quantitative estimate of drug-likeness (QED) is 0.434. The Balaban J connectivity index is 1.70. The molecule has 0 aliphatic carbocycles. The van der Waals surface area contributed by atoms with Gasteiger partial charge in [0.25, 0.3) is 0 Å². The third-order valence-corrected chi connectivity index (χ3v) is 6.76.